The Morgan fingerprint density at radius 1 is 1.25 bits per heavy atom. The number of benzene rings is 1. The Balaban J connectivity index is 0.000000606. The molecule has 2 N–H and O–H groups in total. The lowest BCUT2D eigenvalue weighted by atomic mass is 10.1. The number of hydrogen-bond donors (Lipinski definition) is 2. The summed E-state index contributed by atoms with van der Waals surface area (Å²) >= 11 is 2.05. The van der Waals surface area contributed by atoms with Crippen LogP contribution >= 0.6 is 11.8 Å². The van der Waals surface area contributed by atoms with Crippen LogP contribution in [0.3, 0.4) is 0 Å². The first-order valence-corrected chi connectivity index (χ1v) is 7.05. The SMILES string of the molecule is CC.CNc1ccc(C2CNCCS2)cc1. The van der Waals surface area contributed by atoms with Gasteiger partial charge in [-0.1, -0.05) is 26.0 Å². The van der Waals surface area contributed by atoms with Gasteiger partial charge < -0.3 is 10.6 Å². The molecule has 0 amide bonds. The number of thioether (sulfide) groups is 1. The summed E-state index contributed by atoms with van der Waals surface area (Å²) in [6.45, 7) is 6.25. The summed E-state index contributed by atoms with van der Waals surface area (Å²) in [5.41, 5.74) is 2.61. The van der Waals surface area contributed by atoms with Crippen molar-refractivity contribution >= 4 is 17.4 Å². The van der Waals surface area contributed by atoms with E-state index in [1.54, 1.807) is 0 Å². The third-order valence-electron chi connectivity index (χ3n) is 2.50. The molecular formula is C13H22N2S. The summed E-state index contributed by atoms with van der Waals surface area (Å²) in [4.78, 5) is 0. The lowest BCUT2D eigenvalue weighted by Gasteiger charge is -2.22. The second kappa shape index (κ2) is 7.58. The van der Waals surface area contributed by atoms with Crippen molar-refractivity contribution in [1.29, 1.82) is 0 Å². The molecular weight excluding hydrogens is 216 g/mol. The maximum Gasteiger partial charge on any atom is 0.0422 e. The van der Waals surface area contributed by atoms with Gasteiger partial charge in [-0.3, -0.25) is 0 Å². The molecule has 0 bridgehead atoms. The predicted molar refractivity (Wildman–Crippen MR) is 75.4 cm³/mol. The highest BCUT2D eigenvalue weighted by Gasteiger charge is 2.14. The zero-order valence-corrected chi connectivity index (χ0v) is 11.2. The first-order valence-electron chi connectivity index (χ1n) is 6.00. The first kappa shape index (κ1) is 13.4. The average molecular weight is 238 g/mol. The van der Waals surface area contributed by atoms with Gasteiger partial charge in [-0.05, 0) is 17.7 Å². The molecule has 3 heteroatoms. The minimum Gasteiger partial charge on any atom is -0.388 e. The molecule has 16 heavy (non-hydrogen) atoms. The molecule has 0 aliphatic carbocycles. The highest BCUT2D eigenvalue weighted by atomic mass is 32.2. The topological polar surface area (TPSA) is 24.1 Å². The Morgan fingerprint density at radius 2 is 1.94 bits per heavy atom. The second-order valence-corrected chi connectivity index (χ2v) is 4.75. The van der Waals surface area contributed by atoms with Gasteiger partial charge in [-0.15, -0.1) is 0 Å². The van der Waals surface area contributed by atoms with E-state index in [1.165, 1.54) is 17.0 Å². The van der Waals surface area contributed by atoms with E-state index in [2.05, 4.69) is 34.9 Å². The predicted octanol–water partition coefficient (Wildman–Crippen LogP) is 3.13. The molecule has 0 aromatic heterocycles. The molecule has 1 aromatic rings. The van der Waals surface area contributed by atoms with Crippen molar-refractivity contribution in [3.8, 4) is 0 Å². The molecule has 1 unspecified atom stereocenters. The zero-order chi connectivity index (χ0) is 11.8. The third-order valence-corrected chi connectivity index (χ3v) is 3.78. The molecule has 90 valence electrons. The fraction of sp³-hybridized carbons (Fsp3) is 0.538. The number of anilines is 1. The summed E-state index contributed by atoms with van der Waals surface area (Å²) in [5, 5.41) is 7.19. The van der Waals surface area contributed by atoms with Crippen molar-refractivity contribution in [3.63, 3.8) is 0 Å². The van der Waals surface area contributed by atoms with E-state index >= 15 is 0 Å². The van der Waals surface area contributed by atoms with Crippen LogP contribution in [0.4, 0.5) is 5.69 Å². The quantitative estimate of drug-likeness (QED) is 0.828. The van der Waals surface area contributed by atoms with Crippen LogP contribution in [0.15, 0.2) is 24.3 Å². The van der Waals surface area contributed by atoms with Crippen molar-refractivity contribution in [1.82, 2.24) is 5.32 Å². The molecule has 2 rings (SSSR count). The normalized spacial score (nSPS) is 19.6. The van der Waals surface area contributed by atoms with Crippen LogP contribution in [0, 0.1) is 0 Å². The molecule has 1 aliphatic rings. The molecule has 0 radical (unpaired) electrons. The molecule has 1 atom stereocenters. The van der Waals surface area contributed by atoms with Gasteiger partial charge in [-0.2, -0.15) is 11.8 Å². The van der Waals surface area contributed by atoms with Crippen molar-refractivity contribution < 1.29 is 0 Å². The van der Waals surface area contributed by atoms with E-state index < -0.39 is 0 Å². The van der Waals surface area contributed by atoms with E-state index in [1.807, 2.05) is 32.7 Å². The van der Waals surface area contributed by atoms with Gasteiger partial charge in [0.15, 0.2) is 0 Å². The summed E-state index contributed by atoms with van der Waals surface area (Å²) < 4.78 is 0. The fourth-order valence-electron chi connectivity index (χ4n) is 1.64. The maximum atomic E-state index is 3.43. The van der Waals surface area contributed by atoms with Crippen LogP contribution in [0.1, 0.15) is 24.7 Å². The van der Waals surface area contributed by atoms with E-state index in [4.69, 9.17) is 0 Å². The minimum absolute atomic E-state index is 0.634. The van der Waals surface area contributed by atoms with Crippen LogP contribution in [0.2, 0.25) is 0 Å². The third kappa shape index (κ3) is 3.72. The van der Waals surface area contributed by atoms with E-state index in [0.717, 1.165) is 13.1 Å². The van der Waals surface area contributed by atoms with Crippen molar-refractivity contribution in [2.75, 3.05) is 31.2 Å². The zero-order valence-electron chi connectivity index (χ0n) is 10.4. The molecule has 1 aromatic carbocycles. The van der Waals surface area contributed by atoms with Crippen LogP contribution in [-0.2, 0) is 0 Å². The van der Waals surface area contributed by atoms with Crippen molar-refractivity contribution in [2.45, 2.75) is 19.1 Å². The summed E-state index contributed by atoms with van der Waals surface area (Å²) in [6.07, 6.45) is 0. The molecule has 0 saturated carbocycles. The van der Waals surface area contributed by atoms with Crippen LogP contribution in [0.5, 0.6) is 0 Å². The number of nitrogens with one attached hydrogen (secondary N) is 2. The minimum atomic E-state index is 0.634. The fourth-order valence-corrected chi connectivity index (χ4v) is 2.78. The lowest BCUT2D eigenvalue weighted by molar-refractivity contribution is 0.689. The maximum absolute atomic E-state index is 3.43. The lowest BCUT2D eigenvalue weighted by Crippen LogP contribution is -2.28. The molecule has 0 spiro atoms. The molecule has 1 saturated heterocycles. The Kier molecular flexibility index (Phi) is 6.34. The highest BCUT2D eigenvalue weighted by molar-refractivity contribution is 7.99. The van der Waals surface area contributed by atoms with E-state index in [-0.39, 0.29) is 0 Å². The highest BCUT2D eigenvalue weighted by Crippen LogP contribution is 2.30. The number of rotatable bonds is 2. The molecule has 2 nitrogen and oxygen atoms in total. The Labute approximate surface area is 103 Å². The largest absolute Gasteiger partial charge is 0.388 e. The summed E-state index contributed by atoms with van der Waals surface area (Å²) in [5.74, 6) is 1.22. The first-order chi connectivity index (χ1) is 7.90. The van der Waals surface area contributed by atoms with Gasteiger partial charge in [-0.25, -0.2) is 0 Å². The summed E-state index contributed by atoms with van der Waals surface area (Å²) in [7, 11) is 1.95. The molecule has 1 heterocycles. The van der Waals surface area contributed by atoms with Crippen molar-refractivity contribution in [2.24, 2.45) is 0 Å². The van der Waals surface area contributed by atoms with Crippen LogP contribution < -0.4 is 10.6 Å². The van der Waals surface area contributed by atoms with Crippen LogP contribution in [-0.4, -0.2) is 25.9 Å². The average Bonchev–Trinajstić information content (AvgIpc) is 2.42. The van der Waals surface area contributed by atoms with Gasteiger partial charge in [0, 0.05) is 36.8 Å². The van der Waals surface area contributed by atoms with E-state index in [0.29, 0.717) is 5.25 Å². The van der Waals surface area contributed by atoms with Gasteiger partial charge in [0.1, 0.15) is 0 Å². The summed E-state index contributed by atoms with van der Waals surface area (Å²) in [6, 6.07) is 8.72. The smallest absolute Gasteiger partial charge is 0.0422 e. The van der Waals surface area contributed by atoms with E-state index in [9.17, 15) is 0 Å². The second-order valence-electron chi connectivity index (χ2n) is 3.44. The standard InChI is InChI=1S/C11H16N2S.C2H6/c1-12-10-4-2-9(3-5-10)11-8-13-6-7-14-11;1-2/h2-5,11-13H,6-8H2,1H3;1-2H3. The number of hydrogen-bond acceptors (Lipinski definition) is 3. The van der Waals surface area contributed by atoms with Gasteiger partial charge in [0.2, 0.25) is 0 Å². The Morgan fingerprint density at radius 3 is 2.44 bits per heavy atom. The monoisotopic (exact) mass is 238 g/mol. The van der Waals surface area contributed by atoms with Gasteiger partial charge in [0.25, 0.3) is 0 Å². The van der Waals surface area contributed by atoms with Gasteiger partial charge >= 0.3 is 0 Å². The Bertz CT molecular complexity index is 278. The van der Waals surface area contributed by atoms with Crippen molar-refractivity contribution in [3.05, 3.63) is 29.8 Å². The van der Waals surface area contributed by atoms with Crippen LogP contribution in [0.25, 0.3) is 0 Å². The molecule has 1 fully saturated rings. The molecule has 1 aliphatic heterocycles. The Hall–Kier alpha value is -0.670. The van der Waals surface area contributed by atoms with Gasteiger partial charge in [0.05, 0.1) is 0 Å².